The SMILES string of the molecule is Cc1ccc(Nc2cccc(C(=O)NCC(C)CC(C)O)c2)nn1. The van der Waals surface area contributed by atoms with Gasteiger partial charge >= 0.3 is 0 Å². The van der Waals surface area contributed by atoms with Gasteiger partial charge in [-0.2, -0.15) is 5.10 Å². The Morgan fingerprint density at radius 2 is 2.00 bits per heavy atom. The number of aliphatic hydroxyl groups excluding tert-OH is 1. The molecule has 0 saturated heterocycles. The number of hydrogen-bond acceptors (Lipinski definition) is 5. The summed E-state index contributed by atoms with van der Waals surface area (Å²) in [5, 5.41) is 23.4. The molecule has 0 bridgehead atoms. The van der Waals surface area contributed by atoms with Crippen LogP contribution in [0.5, 0.6) is 0 Å². The fraction of sp³-hybridized carbons (Fsp3) is 0.389. The average Bonchev–Trinajstić information content (AvgIpc) is 2.54. The fourth-order valence-electron chi connectivity index (χ4n) is 2.39. The summed E-state index contributed by atoms with van der Waals surface area (Å²) in [6.07, 6.45) is 0.300. The van der Waals surface area contributed by atoms with Gasteiger partial charge in [-0.15, -0.1) is 5.10 Å². The molecule has 2 aromatic rings. The van der Waals surface area contributed by atoms with Crippen LogP contribution in [0.15, 0.2) is 36.4 Å². The molecule has 0 radical (unpaired) electrons. The van der Waals surface area contributed by atoms with Crippen LogP contribution in [-0.2, 0) is 0 Å². The lowest BCUT2D eigenvalue weighted by molar-refractivity contribution is 0.0939. The van der Waals surface area contributed by atoms with Crippen LogP contribution in [0.25, 0.3) is 0 Å². The van der Waals surface area contributed by atoms with E-state index in [1.54, 1.807) is 19.1 Å². The van der Waals surface area contributed by atoms with Gasteiger partial charge in [-0.3, -0.25) is 4.79 Å². The van der Waals surface area contributed by atoms with E-state index in [2.05, 4.69) is 20.8 Å². The second-order valence-corrected chi connectivity index (χ2v) is 6.17. The van der Waals surface area contributed by atoms with E-state index in [0.717, 1.165) is 11.4 Å². The number of rotatable bonds is 7. The number of hydrogen-bond donors (Lipinski definition) is 3. The molecule has 2 unspecified atom stereocenters. The summed E-state index contributed by atoms with van der Waals surface area (Å²) in [5.74, 6) is 0.716. The van der Waals surface area contributed by atoms with Crippen molar-refractivity contribution in [3.05, 3.63) is 47.7 Å². The summed E-state index contributed by atoms with van der Waals surface area (Å²) in [5.41, 5.74) is 2.20. The van der Waals surface area contributed by atoms with E-state index < -0.39 is 0 Å². The van der Waals surface area contributed by atoms with Crippen LogP contribution in [0.4, 0.5) is 11.5 Å². The van der Waals surface area contributed by atoms with Crippen LogP contribution in [-0.4, -0.2) is 33.9 Å². The molecule has 0 spiro atoms. The second-order valence-electron chi connectivity index (χ2n) is 6.17. The highest BCUT2D eigenvalue weighted by molar-refractivity contribution is 5.95. The normalized spacial score (nSPS) is 13.2. The third-order valence-electron chi connectivity index (χ3n) is 3.55. The Labute approximate surface area is 142 Å². The van der Waals surface area contributed by atoms with Crippen molar-refractivity contribution < 1.29 is 9.90 Å². The Kier molecular flexibility index (Phi) is 6.26. The lowest BCUT2D eigenvalue weighted by Crippen LogP contribution is -2.29. The second kappa shape index (κ2) is 8.40. The molecular formula is C18H24N4O2. The van der Waals surface area contributed by atoms with Crippen LogP contribution in [0.2, 0.25) is 0 Å². The van der Waals surface area contributed by atoms with Gasteiger partial charge in [-0.1, -0.05) is 13.0 Å². The van der Waals surface area contributed by atoms with E-state index in [-0.39, 0.29) is 17.9 Å². The highest BCUT2D eigenvalue weighted by Crippen LogP contribution is 2.16. The van der Waals surface area contributed by atoms with Crippen LogP contribution >= 0.6 is 0 Å². The van der Waals surface area contributed by atoms with Crippen LogP contribution < -0.4 is 10.6 Å². The molecular weight excluding hydrogens is 304 g/mol. The highest BCUT2D eigenvalue weighted by atomic mass is 16.3. The van der Waals surface area contributed by atoms with Crippen LogP contribution in [0.1, 0.15) is 36.3 Å². The molecule has 128 valence electrons. The van der Waals surface area contributed by atoms with Gasteiger partial charge in [0.25, 0.3) is 5.91 Å². The number of aromatic nitrogens is 2. The van der Waals surface area contributed by atoms with E-state index in [4.69, 9.17) is 0 Å². The minimum Gasteiger partial charge on any atom is -0.393 e. The first-order valence-corrected chi connectivity index (χ1v) is 8.07. The van der Waals surface area contributed by atoms with Crippen molar-refractivity contribution in [2.45, 2.75) is 33.3 Å². The molecule has 6 heteroatoms. The smallest absolute Gasteiger partial charge is 0.251 e. The monoisotopic (exact) mass is 328 g/mol. The van der Waals surface area contributed by atoms with Crippen molar-refractivity contribution >= 4 is 17.4 Å². The van der Waals surface area contributed by atoms with E-state index in [1.165, 1.54) is 0 Å². The fourth-order valence-corrected chi connectivity index (χ4v) is 2.39. The third kappa shape index (κ3) is 5.62. The molecule has 0 aliphatic rings. The number of nitrogens with one attached hydrogen (secondary N) is 2. The van der Waals surface area contributed by atoms with E-state index in [1.807, 2.05) is 38.1 Å². The van der Waals surface area contributed by atoms with Gasteiger partial charge in [0.2, 0.25) is 0 Å². The number of amides is 1. The lowest BCUT2D eigenvalue weighted by atomic mass is 10.0. The Bertz CT molecular complexity index is 671. The molecule has 24 heavy (non-hydrogen) atoms. The summed E-state index contributed by atoms with van der Waals surface area (Å²) in [6.45, 7) is 6.16. The van der Waals surface area contributed by atoms with Gasteiger partial charge in [0.1, 0.15) is 0 Å². The minimum absolute atomic E-state index is 0.133. The zero-order valence-electron chi connectivity index (χ0n) is 14.3. The maximum Gasteiger partial charge on any atom is 0.251 e. The van der Waals surface area contributed by atoms with E-state index >= 15 is 0 Å². The van der Waals surface area contributed by atoms with Gasteiger partial charge in [-0.25, -0.2) is 0 Å². The Morgan fingerprint density at radius 1 is 1.21 bits per heavy atom. The van der Waals surface area contributed by atoms with Crippen molar-refractivity contribution in [3.8, 4) is 0 Å². The number of anilines is 2. The molecule has 0 aliphatic heterocycles. The standard InChI is InChI=1S/C18H24N4O2/c1-12(9-14(3)23)11-19-18(24)15-5-4-6-16(10-15)20-17-8-7-13(2)21-22-17/h4-8,10,12,14,23H,9,11H2,1-3H3,(H,19,24)(H,20,22). The molecule has 0 saturated carbocycles. The zero-order valence-corrected chi connectivity index (χ0v) is 14.3. The first-order chi connectivity index (χ1) is 11.4. The molecule has 1 amide bonds. The number of carbonyl (C=O) groups excluding carboxylic acids is 1. The Hall–Kier alpha value is -2.47. The molecule has 1 heterocycles. The van der Waals surface area contributed by atoms with Crippen molar-refractivity contribution in [2.24, 2.45) is 5.92 Å². The molecule has 0 fully saturated rings. The Balaban J connectivity index is 1.96. The van der Waals surface area contributed by atoms with Crippen LogP contribution in [0, 0.1) is 12.8 Å². The molecule has 0 aliphatic carbocycles. The lowest BCUT2D eigenvalue weighted by Gasteiger charge is -2.14. The number of aliphatic hydroxyl groups is 1. The largest absolute Gasteiger partial charge is 0.393 e. The summed E-state index contributed by atoms with van der Waals surface area (Å²) in [6, 6.07) is 10.9. The summed E-state index contributed by atoms with van der Waals surface area (Å²) >= 11 is 0. The maximum atomic E-state index is 12.3. The van der Waals surface area contributed by atoms with Crippen molar-refractivity contribution in [1.29, 1.82) is 0 Å². The van der Waals surface area contributed by atoms with Gasteiger partial charge in [0.15, 0.2) is 5.82 Å². The quantitative estimate of drug-likeness (QED) is 0.727. The molecule has 2 atom stereocenters. The number of carbonyl (C=O) groups is 1. The van der Waals surface area contributed by atoms with Crippen molar-refractivity contribution in [1.82, 2.24) is 15.5 Å². The van der Waals surface area contributed by atoms with Crippen molar-refractivity contribution in [2.75, 3.05) is 11.9 Å². The van der Waals surface area contributed by atoms with Gasteiger partial charge in [0, 0.05) is 17.8 Å². The minimum atomic E-state index is -0.361. The predicted octanol–water partition coefficient (Wildman–Crippen LogP) is 2.67. The molecule has 1 aromatic heterocycles. The third-order valence-corrected chi connectivity index (χ3v) is 3.55. The van der Waals surface area contributed by atoms with E-state index in [9.17, 15) is 9.90 Å². The van der Waals surface area contributed by atoms with E-state index in [0.29, 0.717) is 24.3 Å². The molecule has 3 N–H and O–H groups in total. The summed E-state index contributed by atoms with van der Waals surface area (Å²) in [7, 11) is 0. The molecule has 2 rings (SSSR count). The number of nitrogens with zero attached hydrogens (tertiary/aromatic N) is 2. The highest BCUT2D eigenvalue weighted by Gasteiger charge is 2.10. The summed E-state index contributed by atoms with van der Waals surface area (Å²) < 4.78 is 0. The maximum absolute atomic E-state index is 12.3. The van der Waals surface area contributed by atoms with Crippen LogP contribution in [0.3, 0.4) is 0 Å². The summed E-state index contributed by atoms with van der Waals surface area (Å²) in [4.78, 5) is 12.3. The predicted molar refractivity (Wildman–Crippen MR) is 94.3 cm³/mol. The van der Waals surface area contributed by atoms with Gasteiger partial charge < -0.3 is 15.7 Å². The number of benzene rings is 1. The van der Waals surface area contributed by atoms with Gasteiger partial charge in [0.05, 0.1) is 11.8 Å². The molecule has 6 nitrogen and oxygen atoms in total. The number of aryl methyl sites for hydroxylation is 1. The molecule has 1 aromatic carbocycles. The topological polar surface area (TPSA) is 87.1 Å². The first kappa shape index (κ1) is 17.9. The Morgan fingerprint density at radius 3 is 2.67 bits per heavy atom. The average molecular weight is 328 g/mol. The zero-order chi connectivity index (χ0) is 17.5. The van der Waals surface area contributed by atoms with Gasteiger partial charge in [-0.05, 0) is 56.5 Å². The first-order valence-electron chi connectivity index (χ1n) is 8.07. The van der Waals surface area contributed by atoms with Crippen molar-refractivity contribution in [3.63, 3.8) is 0 Å².